The normalized spacial score (nSPS) is 14.3. The second-order valence-electron chi connectivity index (χ2n) is 5.47. The summed E-state index contributed by atoms with van der Waals surface area (Å²) < 4.78 is 32.8. The molecule has 8 heteroatoms. The predicted octanol–water partition coefficient (Wildman–Crippen LogP) is 3.55. The second kappa shape index (κ2) is 6.94. The first-order chi connectivity index (χ1) is 12.0. The number of ether oxygens (including phenoxy) is 1. The Hall–Kier alpha value is -2.87. The molecule has 1 heterocycles. The van der Waals surface area contributed by atoms with Crippen molar-refractivity contribution in [3.8, 4) is 0 Å². The first-order valence-electron chi connectivity index (χ1n) is 7.67. The van der Waals surface area contributed by atoms with Crippen LogP contribution in [0.4, 0.5) is 11.4 Å². The number of nitro benzene ring substituents is 1. The van der Waals surface area contributed by atoms with Gasteiger partial charge < -0.3 is 4.74 Å². The van der Waals surface area contributed by atoms with E-state index >= 15 is 0 Å². The van der Waals surface area contributed by atoms with Crippen LogP contribution >= 0.6 is 0 Å². The average Bonchev–Trinajstić information content (AvgIpc) is 2.62. The van der Waals surface area contributed by atoms with Crippen molar-refractivity contribution in [2.45, 2.75) is 17.7 Å². The fourth-order valence-corrected chi connectivity index (χ4v) is 3.58. The van der Waals surface area contributed by atoms with Gasteiger partial charge >= 0.3 is 0 Å². The highest BCUT2D eigenvalue weighted by Gasteiger charge is 2.24. The molecule has 0 unspecified atom stereocenters. The van der Waals surface area contributed by atoms with E-state index in [0.29, 0.717) is 18.1 Å². The highest BCUT2D eigenvalue weighted by molar-refractivity contribution is 7.92. The van der Waals surface area contributed by atoms with Gasteiger partial charge in [-0.15, -0.1) is 0 Å². The Balaban J connectivity index is 1.99. The third-order valence-electron chi connectivity index (χ3n) is 3.70. The molecule has 0 radical (unpaired) electrons. The molecule has 0 aliphatic carbocycles. The van der Waals surface area contributed by atoms with Crippen molar-refractivity contribution in [2.24, 2.45) is 0 Å². The molecule has 1 aliphatic heterocycles. The smallest absolute Gasteiger partial charge is 0.281 e. The molecule has 1 N–H and O–H groups in total. The summed E-state index contributed by atoms with van der Waals surface area (Å²) in [4.78, 5) is 10.6. The summed E-state index contributed by atoms with van der Waals surface area (Å²) >= 11 is 0. The highest BCUT2D eigenvalue weighted by Crippen LogP contribution is 2.32. The molecule has 0 fully saturated rings. The number of hydrogen-bond donors (Lipinski definition) is 1. The van der Waals surface area contributed by atoms with Gasteiger partial charge in [0.15, 0.2) is 0 Å². The molecule has 0 bridgehead atoms. The lowest BCUT2D eigenvalue weighted by Crippen LogP contribution is -2.13. The van der Waals surface area contributed by atoms with Gasteiger partial charge in [-0.2, -0.15) is 0 Å². The van der Waals surface area contributed by atoms with Gasteiger partial charge in [-0.05, 0) is 43.2 Å². The number of nitrogens with one attached hydrogen (secondary N) is 1. The quantitative estimate of drug-likeness (QED) is 0.649. The van der Waals surface area contributed by atoms with Crippen LogP contribution in [0, 0.1) is 10.1 Å². The molecule has 0 aromatic heterocycles. The van der Waals surface area contributed by atoms with E-state index in [1.807, 2.05) is 0 Å². The zero-order chi connectivity index (χ0) is 17.9. The monoisotopic (exact) mass is 360 g/mol. The zero-order valence-corrected chi connectivity index (χ0v) is 14.0. The standard InChI is InChI=1S/C17H16N2O5S/c20-19(21)16-12-14(9-10-15(16)17-8-4-5-11-24-17)25(22,23)18-13-6-2-1-3-7-13/h1-3,6-10,12,18H,4-5,11H2. The van der Waals surface area contributed by atoms with E-state index in [9.17, 15) is 18.5 Å². The topological polar surface area (TPSA) is 98.5 Å². The van der Waals surface area contributed by atoms with Crippen LogP contribution in [0.15, 0.2) is 59.5 Å². The van der Waals surface area contributed by atoms with E-state index in [0.717, 1.165) is 18.9 Å². The maximum Gasteiger partial charge on any atom is 0.281 e. The lowest BCUT2D eigenvalue weighted by molar-refractivity contribution is -0.385. The van der Waals surface area contributed by atoms with Gasteiger partial charge in [-0.3, -0.25) is 14.8 Å². The minimum absolute atomic E-state index is 0.178. The number of nitro groups is 1. The molecule has 0 saturated heterocycles. The molecule has 130 valence electrons. The fraction of sp³-hybridized carbons (Fsp3) is 0.176. The molecule has 0 spiro atoms. The molecular formula is C17H16N2O5S. The number of hydrogen-bond acceptors (Lipinski definition) is 5. The van der Waals surface area contributed by atoms with Crippen LogP contribution < -0.4 is 4.72 Å². The minimum Gasteiger partial charge on any atom is -0.493 e. The number of anilines is 1. The van der Waals surface area contributed by atoms with Crippen LogP contribution in [-0.2, 0) is 14.8 Å². The van der Waals surface area contributed by atoms with Crippen molar-refractivity contribution in [3.63, 3.8) is 0 Å². The summed E-state index contributed by atoms with van der Waals surface area (Å²) in [6.45, 7) is 0.485. The van der Waals surface area contributed by atoms with Gasteiger partial charge in [0.05, 0.1) is 22.0 Å². The number of sulfonamides is 1. The summed E-state index contributed by atoms with van der Waals surface area (Å²) in [7, 11) is -3.93. The first kappa shape index (κ1) is 17.0. The molecular weight excluding hydrogens is 344 g/mol. The molecule has 3 rings (SSSR count). The number of rotatable bonds is 5. The van der Waals surface area contributed by atoms with Crippen molar-refractivity contribution in [2.75, 3.05) is 11.3 Å². The molecule has 2 aromatic carbocycles. The number of nitrogens with zero attached hydrogens (tertiary/aromatic N) is 1. The van der Waals surface area contributed by atoms with E-state index < -0.39 is 14.9 Å². The second-order valence-corrected chi connectivity index (χ2v) is 7.15. The van der Waals surface area contributed by atoms with Gasteiger partial charge in [0.25, 0.3) is 15.7 Å². The Morgan fingerprint density at radius 1 is 1.12 bits per heavy atom. The minimum atomic E-state index is -3.93. The highest BCUT2D eigenvalue weighted by atomic mass is 32.2. The van der Waals surface area contributed by atoms with Crippen LogP contribution in [0.1, 0.15) is 18.4 Å². The van der Waals surface area contributed by atoms with Crippen LogP contribution in [0.2, 0.25) is 0 Å². The molecule has 2 aromatic rings. The summed E-state index contributed by atoms with van der Waals surface area (Å²) in [6.07, 6.45) is 3.40. The number of benzene rings is 2. The largest absolute Gasteiger partial charge is 0.493 e. The van der Waals surface area contributed by atoms with Gasteiger partial charge in [-0.25, -0.2) is 8.42 Å². The van der Waals surface area contributed by atoms with E-state index in [1.54, 1.807) is 36.4 Å². The van der Waals surface area contributed by atoms with Crippen molar-refractivity contribution in [3.05, 3.63) is 70.3 Å². The fourth-order valence-electron chi connectivity index (χ4n) is 2.50. The van der Waals surface area contributed by atoms with Crippen molar-refractivity contribution >= 4 is 27.2 Å². The zero-order valence-electron chi connectivity index (χ0n) is 13.2. The predicted molar refractivity (Wildman–Crippen MR) is 93.5 cm³/mol. The van der Waals surface area contributed by atoms with Crippen LogP contribution in [0.25, 0.3) is 5.76 Å². The van der Waals surface area contributed by atoms with E-state index in [2.05, 4.69) is 4.72 Å². The Kier molecular flexibility index (Phi) is 4.71. The summed E-state index contributed by atoms with van der Waals surface area (Å²) in [6, 6.07) is 12.1. The molecule has 0 amide bonds. The van der Waals surface area contributed by atoms with Gasteiger partial charge in [-0.1, -0.05) is 18.2 Å². The third-order valence-corrected chi connectivity index (χ3v) is 5.08. The lowest BCUT2D eigenvalue weighted by Gasteiger charge is -2.15. The molecule has 7 nitrogen and oxygen atoms in total. The van der Waals surface area contributed by atoms with E-state index in [4.69, 9.17) is 4.74 Å². The van der Waals surface area contributed by atoms with Gasteiger partial charge in [0.1, 0.15) is 5.76 Å². The number of para-hydroxylation sites is 1. The van der Waals surface area contributed by atoms with Crippen molar-refractivity contribution in [1.29, 1.82) is 0 Å². The summed E-state index contributed by atoms with van der Waals surface area (Å²) in [5.74, 6) is 0.415. The van der Waals surface area contributed by atoms with Crippen molar-refractivity contribution in [1.82, 2.24) is 0 Å². The van der Waals surface area contributed by atoms with Crippen LogP contribution in [0.5, 0.6) is 0 Å². The summed E-state index contributed by atoms with van der Waals surface area (Å²) in [5, 5.41) is 11.4. The van der Waals surface area contributed by atoms with Crippen LogP contribution in [-0.4, -0.2) is 19.9 Å². The van der Waals surface area contributed by atoms with E-state index in [1.165, 1.54) is 12.1 Å². The average molecular weight is 360 g/mol. The maximum absolute atomic E-state index is 12.5. The molecule has 25 heavy (non-hydrogen) atoms. The Labute approximate surface area is 145 Å². The summed E-state index contributed by atoms with van der Waals surface area (Å²) in [5.41, 5.74) is 0.361. The SMILES string of the molecule is O=[N+]([O-])c1cc(S(=O)(=O)Nc2ccccc2)ccc1C1=CCCCO1. The van der Waals surface area contributed by atoms with Crippen molar-refractivity contribution < 1.29 is 18.1 Å². The van der Waals surface area contributed by atoms with Gasteiger partial charge in [0, 0.05) is 11.8 Å². The Bertz CT molecular complexity index is 923. The Morgan fingerprint density at radius 3 is 2.52 bits per heavy atom. The molecule has 0 atom stereocenters. The van der Waals surface area contributed by atoms with Crippen LogP contribution in [0.3, 0.4) is 0 Å². The maximum atomic E-state index is 12.5. The van der Waals surface area contributed by atoms with Gasteiger partial charge in [0.2, 0.25) is 0 Å². The van der Waals surface area contributed by atoms with E-state index in [-0.39, 0.29) is 16.1 Å². The lowest BCUT2D eigenvalue weighted by atomic mass is 10.1. The number of allylic oxidation sites excluding steroid dienone is 1. The third kappa shape index (κ3) is 3.80. The molecule has 1 aliphatic rings. The first-order valence-corrected chi connectivity index (χ1v) is 9.15. The Morgan fingerprint density at radius 2 is 1.88 bits per heavy atom. The molecule has 0 saturated carbocycles.